The highest BCUT2D eigenvalue weighted by atomic mass is 35.5. The first-order valence-corrected chi connectivity index (χ1v) is 8.73. The van der Waals surface area contributed by atoms with Crippen LogP contribution in [0.3, 0.4) is 0 Å². The Kier molecular flexibility index (Phi) is 4.96. The van der Waals surface area contributed by atoms with Gasteiger partial charge in [0.15, 0.2) is 0 Å². The first-order valence-electron chi connectivity index (χ1n) is 7.98. The lowest BCUT2D eigenvalue weighted by Gasteiger charge is -2.32. The molecule has 3 rings (SSSR count). The van der Waals surface area contributed by atoms with Gasteiger partial charge in [-0.15, -0.1) is 0 Å². The number of halogens is 2. The van der Waals surface area contributed by atoms with E-state index >= 15 is 0 Å². The minimum atomic E-state index is 0.121. The number of amides is 1. The standard InChI is InChI=1S/C17H22Cl2N2O/c1-20-10-11-2-4-21(5-3-11)17(22)16-9-15(16)12-6-13(18)8-14(19)7-12/h6-8,11,15-16,20H,2-5,9-10H2,1H3. The van der Waals surface area contributed by atoms with Gasteiger partial charge in [-0.2, -0.15) is 0 Å². The van der Waals surface area contributed by atoms with Crippen LogP contribution in [0.2, 0.25) is 10.0 Å². The van der Waals surface area contributed by atoms with Crippen LogP contribution in [0.5, 0.6) is 0 Å². The van der Waals surface area contributed by atoms with Gasteiger partial charge in [0.2, 0.25) is 5.91 Å². The molecule has 2 aliphatic rings. The number of likely N-dealkylation sites (tertiary alicyclic amines) is 1. The van der Waals surface area contributed by atoms with Crippen molar-refractivity contribution in [3.05, 3.63) is 33.8 Å². The average molecular weight is 341 g/mol. The van der Waals surface area contributed by atoms with Crippen LogP contribution in [0, 0.1) is 11.8 Å². The molecule has 1 aliphatic heterocycles. The largest absolute Gasteiger partial charge is 0.342 e. The van der Waals surface area contributed by atoms with Crippen molar-refractivity contribution in [3.8, 4) is 0 Å². The zero-order chi connectivity index (χ0) is 15.7. The van der Waals surface area contributed by atoms with E-state index in [4.69, 9.17) is 23.2 Å². The van der Waals surface area contributed by atoms with Gasteiger partial charge in [0.25, 0.3) is 0 Å². The zero-order valence-corrected chi connectivity index (χ0v) is 14.3. The van der Waals surface area contributed by atoms with E-state index in [0.29, 0.717) is 27.8 Å². The zero-order valence-electron chi connectivity index (χ0n) is 12.8. The van der Waals surface area contributed by atoms with Gasteiger partial charge >= 0.3 is 0 Å². The summed E-state index contributed by atoms with van der Waals surface area (Å²) in [5, 5.41) is 4.52. The summed E-state index contributed by atoms with van der Waals surface area (Å²) in [5.74, 6) is 1.42. The molecule has 1 saturated heterocycles. The first kappa shape index (κ1) is 16.1. The number of hydrogen-bond donors (Lipinski definition) is 1. The molecular formula is C17H22Cl2N2O. The Hall–Kier alpha value is -0.770. The Bertz CT molecular complexity index is 535. The molecule has 1 aromatic rings. The van der Waals surface area contributed by atoms with Crippen molar-refractivity contribution in [2.75, 3.05) is 26.7 Å². The number of nitrogens with one attached hydrogen (secondary N) is 1. The second-order valence-electron chi connectivity index (χ2n) is 6.48. The normalized spacial score (nSPS) is 25.3. The third-order valence-corrected chi connectivity index (χ3v) is 5.28. The van der Waals surface area contributed by atoms with E-state index in [1.165, 1.54) is 0 Å². The lowest BCUT2D eigenvalue weighted by Crippen LogP contribution is -2.41. The molecule has 5 heteroatoms. The number of carbonyl (C=O) groups is 1. The molecule has 1 amide bonds. The fraction of sp³-hybridized carbons (Fsp3) is 0.588. The number of piperidine rings is 1. The van der Waals surface area contributed by atoms with Crippen LogP contribution in [0.1, 0.15) is 30.7 Å². The third-order valence-electron chi connectivity index (χ3n) is 4.84. The van der Waals surface area contributed by atoms with Gasteiger partial charge in [0.05, 0.1) is 0 Å². The maximum atomic E-state index is 12.6. The molecule has 0 spiro atoms. The number of benzene rings is 1. The van der Waals surface area contributed by atoms with Crippen LogP contribution in [0.25, 0.3) is 0 Å². The Labute approximate surface area is 142 Å². The highest BCUT2D eigenvalue weighted by Gasteiger charge is 2.46. The maximum absolute atomic E-state index is 12.6. The van der Waals surface area contributed by atoms with Crippen LogP contribution >= 0.6 is 23.2 Å². The Morgan fingerprint density at radius 3 is 2.45 bits per heavy atom. The molecule has 3 nitrogen and oxygen atoms in total. The highest BCUT2D eigenvalue weighted by Crippen LogP contribution is 2.49. The summed E-state index contributed by atoms with van der Waals surface area (Å²) in [6, 6.07) is 5.60. The summed E-state index contributed by atoms with van der Waals surface area (Å²) in [6.45, 7) is 2.84. The Morgan fingerprint density at radius 2 is 1.86 bits per heavy atom. The average Bonchev–Trinajstić information content (AvgIpc) is 3.27. The summed E-state index contributed by atoms with van der Waals surface area (Å²) in [6.07, 6.45) is 3.13. The topological polar surface area (TPSA) is 32.3 Å². The first-order chi connectivity index (χ1) is 10.6. The van der Waals surface area contributed by atoms with E-state index < -0.39 is 0 Å². The van der Waals surface area contributed by atoms with Crippen LogP contribution < -0.4 is 5.32 Å². The lowest BCUT2D eigenvalue weighted by atomic mass is 9.96. The van der Waals surface area contributed by atoms with Crippen molar-refractivity contribution in [1.29, 1.82) is 0 Å². The number of nitrogens with zero attached hydrogens (tertiary/aromatic N) is 1. The summed E-state index contributed by atoms with van der Waals surface area (Å²) >= 11 is 12.1. The van der Waals surface area contributed by atoms with Gasteiger partial charge < -0.3 is 10.2 Å². The van der Waals surface area contributed by atoms with E-state index in [1.807, 2.05) is 24.1 Å². The van der Waals surface area contributed by atoms with Crippen LogP contribution in [-0.2, 0) is 4.79 Å². The molecule has 2 atom stereocenters. The van der Waals surface area contributed by atoms with Crippen LogP contribution in [0.15, 0.2) is 18.2 Å². The van der Waals surface area contributed by atoms with Gasteiger partial charge in [0.1, 0.15) is 0 Å². The molecule has 0 bridgehead atoms. The van der Waals surface area contributed by atoms with Crippen molar-refractivity contribution >= 4 is 29.1 Å². The summed E-state index contributed by atoms with van der Waals surface area (Å²) < 4.78 is 0. The molecule has 1 saturated carbocycles. The van der Waals surface area contributed by atoms with E-state index in [0.717, 1.165) is 44.5 Å². The molecule has 1 aliphatic carbocycles. The molecule has 22 heavy (non-hydrogen) atoms. The number of rotatable bonds is 4. The van der Waals surface area contributed by atoms with Crippen molar-refractivity contribution < 1.29 is 4.79 Å². The predicted octanol–water partition coefficient (Wildman–Crippen LogP) is 3.55. The Morgan fingerprint density at radius 1 is 1.23 bits per heavy atom. The molecule has 1 heterocycles. The van der Waals surface area contributed by atoms with Gasteiger partial charge in [0, 0.05) is 29.1 Å². The van der Waals surface area contributed by atoms with Gasteiger partial charge in [-0.25, -0.2) is 0 Å². The molecular weight excluding hydrogens is 319 g/mol. The number of hydrogen-bond acceptors (Lipinski definition) is 2. The smallest absolute Gasteiger partial charge is 0.226 e. The SMILES string of the molecule is CNCC1CCN(C(=O)C2CC2c2cc(Cl)cc(Cl)c2)CC1. The fourth-order valence-electron chi connectivity index (χ4n) is 3.51. The van der Waals surface area contributed by atoms with Crippen molar-refractivity contribution in [1.82, 2.24) is 10.2 Å². The van der Waals surface area contributed by atoms with Crippen LogP contribution in [-0.4, -0.2) is 37.5 Å². The highest BCUT2D eigenvalue weighted by molar-refractivity contribution is 6.34. The van der Waals surface area contributed by atoms with Crippen molar-refractivity contribution in [3.63, 3.8) is 0 Å². The molecule has 0 aromatic heterocycles. The maximum Gasteiger partial charge on any atom is 0.226 e. The number of carbonyl (C=O) groups excluding carboxylic acids is 1. The quantitative estimate of drug-likeness (QED) is 0.908. The van der Waals surface area contributed by atoms with Crippen LogP contribution in [0.4, 0.5) is 0 Å². The van der Waals surface area contributed by atoms with Gasteiger partial charge in [-0.05, 0) is 68.5 Å². The third kappa shape index (κ3) is 3.58. The minimum absolute atomic E-state index is 0.121. The molecule has 0 radical (unpaired) electrons. The van der Waals surface area contributed by atoms with E-state index in [9.17, 15) is 4.79 Å². The van der Waals surface area contributed by atoms with E-state index in [2.05, 4.69) is 5.32 Å². The van der Waals surface area contributed by atoms with Gasteiger partial charge in [-0.3, -0.25) is 4.79 Å². The van der Waals surface area contributed by atoms with E-state index in [-0.39, 0.29) is 5.92 Å². The minimum Gasteiger partial charge on any atom is -0.342 e. The second kappa shape index (κ2) is 6.77. The molecule has 2 fully saturated rings. The summed E-state index contributed by atoms with van der Waals surface area (Å²) in [7, 11) is 1.99. The Balaban J connectivity index is 1.57. The van der Waals surface area contributed by atoms with Crippen molar-refractivity contribution in [2.45, 2.75) is 25.2 Å². The fourth-order valence-corrected chi connectivity index (χ4v) is 4.05. The van der Waals surface area contributed by atoms with Gasteiger partial charge in [-0.1, -0.05) is 23.2 Å². The second-order valence-corrected chi connectivity index (χ2v) is 7.35. The summed E-state index contributed by atoms with van der Waals surface area (Å²) in [5.41, 5.74) is 1.10. The molecule has 2 unspecified atom stereocenters. The molecule has 1 aromatic carbocycles. The van der Waals surface area contributed by atoms with E-state index in [1.54, 1.807) is 6.07 Å². The monoisotopic (exact) mass is 340 g/mol. The molecule has 120 valence electrons. The predicted molar refractivity (Wildman–Crippen MR) is 90.5 cm³/mol. The molecule has 1 N–H and O–H groups in total. The van der Waals surface area contributed by atoms with Crippen molar-refractivity contribution in [2.24, 2.45) is 11.8 Å². The summed E-state index contributed by atoms with van der Waals surface area (Å²) in [4.78, 5) is 14.7. The lowest BCUT2D eigenvalue weighted by molar-refractivity contribution is -0.134.